The minimum atomic E-state index is -2.75. The normalized spacial score (nSPS) is 19.1. The Kier molecular flexibility index (Phi) is 2.79. The molecule has 1 unspecified atom stereocenters. The van der Waals surface area contributed by atoms with Gasteiger partial charge in [-0.15, -0.1) is 0 Å². The fraction of sp³-hybridized carbons (Fsp3) is 0.300. The van der Waals surface area contributed by atoms with Crippen molar-refractivity contribution in [2.75, 3.05) is 0 Å². The topological polar surface area (TPSA) is 78.2 Å². The van der Waals surface area contributed by atoms with Crippen molar-refractivity contribution in [3.05, 3.63) is 28.2 Å². The predicted molar refractivity (Wildman–Crippen MR) is 63.3 cm³/mol. The lowest BCUT2D eigenvalue weighted by molar-refractivity contribution is 0.0696. The molecule has 0 radical (unpaired) electrons. The van der Waals surface area contributed by atoms with Crippen molar-refractivity contribution in [3.63, 3.8) is 0 Å². The van der Waals surface area contributed by atoms with E-state index in [1.54, 1.807) is 0 Å². The van der Waals surface area contributed by atoms with Crippen molar-refractivity contribution < 1.29 is 14.1 Å². The van der Waals surface area contributed by atoms with E-state index >= 15 is 0 Å². The number of nitrogens with one attached hydrogen (secondary N) is 1. The van der Waals surface area contributed by atoms with E-state index in [1.807, 2.05) is 0 Å². The third kappa shape index (κ3) is 1.99. The fourth-order valence-corrected chi connectivity index (χ4v) is 3.90. The molecule has 4 nitrogen and oxygen atoms in total. The van der Waals surface area contributed by atoms with Crippen molar-refractivity contribution in [2.45, 2.75) is 23.0 Å². The van der Waals surface area contributed by atoms with E-state index in [9.17, 15) is 9.00 Å². The lowest BCUT2D eigenvalue weighted by atomic mass is 10.2. The number of carbonyl (C=O) groups is 1. The summed E-state index contributed by atoms with van der Waals surface area (Å²) in [6.07, 6.45) is 1.64. The maximum Gasteiger partial charge on any atom is 0.336 e. The lowest BCUT2D eigenvalue weighted by Gasteiger charge is -2.07. The minimum absolute atomic E-state index is 0.0601. The van der Waals surface area contributed by atoms with E-state index in [0.717, 1.165) is 12.8 Å². The van der Waals surface area contributed by atoms with Gasteiger partial charge in [-0.2, -0.15) is 0 Å². The molecule has 6 heteroatoms. The van der Waals surface area contributed by atoms with Gasteiger partial charge in [0.15, 0.2) is 0 Å². The van der Waals surface area contributed by atoms with Gasteiger partial charge in [0, 0.05) is 14.6 Å². The second-order valence-electron chi connectivity index (χ2n) is 3.75. The van der Waals surface area contributed by atoms with E-state index in [0.29, 0.717) is 9.37 Å². The van der Waals surface area contributed by atoms with Gasteiger partial charge in [-0.3, -0.25) is 0 Å². The van der Waals surface area contributed by atoms with E-state index < -0.39 is 15.7 Å². The maximum atomic E-state index is 12.1. The van der Waals surface area contributed by atoms with Crippen LogP contribution in [0.1, 0.15) is 23.2 Å². The molecule has 0 amide bonds. The van der Waals surface area contributed by atoms with Gasteiger partial charge in [0.05, 0.1) is 15.3 Å². The van der Waals surface area contributed by atoms with Crippen LogP contribution in [0.5, 0.6) is 0 Å². The molecule has 0 bridgehead atoms. The Bertz CT molecular complexity index is 549. The number of benzene rings is 1. The monoisotopic (exact) mass is 303 g/mol. The zero-order chi connectivity index (χ0) is 11.9. The molecule has 0 aromatic heterocycles. The van der Waals surface area contributed by atoms with E-state index in [1.165, 1.54) is 18.2 Å². The van der Waals surface area contributed by atoms with Gasteiger partial charge in [0.25, 0.3) is 0 Å². The summed E-state index contributed by atoms with van der Waals surface area (Å²) >= 11 is 3.12. The van der Waals surface area contributed by atoms with Crippen LogP contribution in [0.3, 0.4) is 0 Å². The first kappa shape index (κ1) is 11.6. The molecule has 0 saturated heterocycles. The highest BCUT2D eigenvalue weighted by Gasteiger charge is 2.34. The summed E-state index contributed by atoms with van der Waals surface area (Å²) in [5.41, 5.74) is 0.120. The fourth-order valence-electron chi connectivity index (χ4n) is 1.45. The van der Waals surface area contributed by atoms with Crippen LogP contribution >= 0.6 is 15.9 Å². The van der Waals surface area contributed by atoms with E-state index in [2.05, 4.69) is 15.9 Å². The van der Waals surface area contributed by atoms with Gasteiger partial charge >= 0.3 is 5.97 Å². The van der Waals surface area contributed by atoms with Crippen LogP contribution in [0.4, 0.5) is 0 Å². The zero-order valence-electron chi connectivity index (χ0n) is 8.27. The molecule has 0 heterocycles. The molecule has 1 atom stereocenters. The molecule has 1 aliphatic carbocycles. The number of hydrogen-bond donors (Lipinski definition) is 2. The van der Waals surface area contributed by atoms with Gasteiger partial charge in [-0.25, -0.2) is 13.8 Å². The Hall–Kier alpha value is -0.880. The molecule has 1 fully saturated rings. The number of aromatic carboxylic acids is 1. The van der Waals surface area contributed by atoms with Crippen LogP contribution in [-0.2, 0) is 9.73 Å². The number of halogens is 1. The van der Waals surface area contributed by atoms with Gasteiger partial charge in [-0.05, 0) is 47.0 Å². The third-order valence-corrected chi connectivity index (χ3v) is 5.54. The van der Waals surface area contributed by atoms with Crippen LogP contribution in [0.2, 0.25) is 0 Å². The Balaban J connectivity index is 2.45. The molecule has 16 heavy (non-hydrogen) atoms. The SMILES string of the molecule is N=S(=O)(c1ccc(C(=O)O)c(Br)c1)C1CC1. The van der Waals surface area contributed by atoms with E-state index in [4.69, 9.17) is 9.89 Å². The highest BCUT2D eigenvalue weighted by Crippen LogP contribution is 2.35. The molecule has 0 spiro atoms. The predicted octanol–water partition coefficient (Wildman–Crippen LogP) is 2.72. The van der Waals surface area contributed by atoms with Gasteiger partial charge < -0.3 is 5.11 Å². The van der Waals surface area contributed by atoms with Crippen molar-refractivity contribution in [1.29, 1.82) is 4.78 Å². The average molecular weight is 304 g/mol. The smallest absolute Gasteiger partial charge is 0.336 e. The van der Waals surface area contributed by atoms with Crippen LogP contribution in [-0.4, -0.2) is 20.5 Å². The lowest BCUT2D eigenvalue weighted by Crippen LogP contribution is -2.06. The number of rotatable bonds is 3. The Labute approximate surface area is 102 Å². The molecule has 1 aromatic carbocycles. The molecule has 1 aromatic rings. The Morgan fingerprint density at radius 1 is 1.50 bits per heavy atom. The first-order valence-corrected chi connectivity index (χ1v) is 7.15. The summed E-state index contributed by atoms with van der Waals surface area (Å²) in [6, 6.07) is 4.34. The molecular weight excluding hydrogens is 294 g/mol. The van der Waals surface area contributed by atoms with Crippen LogP contribution in [0, 0.1) is 4.78 Å². The summed E-state index contributed by atoms with van der Waals surface area (Å²) in [7, 11) is -2.75. The standard InChI is InChI=1S/C10H10BrNO3S/c11-9-5-7(3-4-8(9)10(13)14)16(12,15)6-1-2-6/h3-6,12H,1-2H2,(H,13,14). The molecule has 1 aliphatic rings. The quantitative estimate of drug-likeness (QED) is 0.901. The van der Waals surface area contributed by atoms with Gasteiger partial charge in [0.1, 0.15) is 0 Å². The van der Waals surface area contributed by atoms with Crippen LogP contribution in [0.15, 0.2) is 27.6 Å². The molecule has 2 N–H and O–H groups in total. The summed E-state index contributed by atoms with van der Waals surface area (Å²) in [5.74, 6) is -1.04. The molecule has 0 aliphatic heterocycles. The summed E-state index contributed by atoms with van der Waals surface area (Å²) < 4.78 is 20.3. The molecule has 1 saturated carbocycles. The first-order valence-electron chi connectivity index (χ1n) is 4.73. The number of carboxylic acids is 1. The van der Waals surface area contributed by atoms with Crippen molar-refractivity contribution in [2.24, 2.45) is 0 Å². The van der Waals surface area contributed by atoms with Crippen LogP contribution < -0.4 is 0 Å². The second-order valence-corrected chi connectivity index (χ2v) is 6.94. The second kappa shape index (κ2) is 3.85. The number of carboxylic acid groups (broad SMARTS) is 1. The zero-order valence-corrected chi connectivity index (χ0v) is 10.7. The van der Waals surface area contributed by atoms with Gasteiger partial charge in [-0.1, -0.05) is 0 Å². The Morgan fingerprint density at radius 2 is 2.12 bits per heavy atom. The van der Waals surface area contributed by atoms with Crippen molar-refractivity contribution in [1.82, 2.24) is 0 Å². The van der Waals surface area contributed by atoms with E-state index in [-0.39, 0.29) is 10.8 Å². The Morgan fingerprint density at radius 3 is 2.56 bits per heavy atom. The largest absolute Gasteiger partial charge is 0.478 e. The highest BCUT2D eigenvalue weighted by molar-refractivity contribution is 9.10. The molecular formula is C10H10BrNO3S. The highest BCUT2D eigenvalue weighted by atomic mass is 79.9. The summed E-state index contributed by atoms with van der Waals surface area (Å²) in [4.78, 5) is 11.2. The van der Waals surface area contributed by atoms with Gasteiger partial charge in [0.2, 0.25) is 0 Å². The first-order chi connectivity index (χ1) is 7.43. The van der Waals surface area contributed by atoms with Crippen LogP contribution in [0.25, 0.3) is 0 Å². The molecule has 2 rings (SSSR count). The summed E-state index contributed by atoms with van der Waals surface area (Å²) in [5, 5.41) is 8.77. The van der Waals surface area contributed by atoms with Crippen molar-refractivity contribution in [3.8, 4) is 0 Å². The third-order valence-electron chi connectivity index (χ3n) is 2.51. The molecule has 86 valence electrons. The number of hydrogen-bond acceptors (Lipinski definition) is 3. The minimum Gasteiger partial charge on any atom is -0.478 e. The van der Waals surface area contributed by atoms with Crippen molar-refractivity contribution >= 4 is 31.6 Å². The maximum absolute atomic E-state index is 12.1. The average Bonchev–Trinajstić information content (AvgIpc) is 2.99. The summed E-state index contributed by atoms with van der Waals surface area (Å²) in [6.45, 7) is 0.